The summed E-state index contributed by atoms with van der Waals surface area (Å²) in [5, 5.41) is 12.7. The van der Waals surface area contributed by atoms with Crippen LogP contribution >= 0.6 is 0 Å². The molecule has 0 atom stereocenters. The summed E-state index contributed by atoms with van der Waals surface area (Å²) in [6, 6.07) is 8.58. The molecule has 0 amide bonds. The molecular formula is C13H11NO5. The van der Waals surface area contributed by atoms with Crippen molar-refractivity contribution in [3.05, 3.63) is 41.6 Å². The zero-order valence-electron chi connectivity index (χ0n) is 10.1. The van der Waals surface area contributed by atoms with E-state index in [0.29, 0.717) is 5.56 Å². The van der Waals surface area contributed by atoms with Crippen molar-refractivity contribution < 1.29 is 24.0 Å². The fourth-order valence-electron chi connectivity index (χ4n) is 1.61. The second-order valence-corrected chi connectivity index (χ2v) is 3.63. The van der Waals surface area contributed by atoms with Crippen molar-refractivity contribution in [2.45, 2.75) is 6.92 Å². The summed E-state index contributed by atoms with van der Waals surface area (Å²) in [7, 11) is 0. The van der Waals surface area contributed by atoms with Gasteiger partial charge in [-0.25, -0.2) is 9.59 Å². The third-order valence-corrected chi connectivity index (χ3v) is 2.41. The molecule has 0 radical (unpaired) electrons. The lowest BCUT2D eigenvalue weighted by molar-refractivity contribution is 0.0504. The second kappa shape index (κ2) is 5.34. The van der Waals surface area contributed by atoms with E-state index in [1.165, 1.54) is 0 Å². The van der Waals surface area contributed by atoms with Crippen LogP contribution in [0.15, 0.2) is 34.9 Å². The average Bonchev–Trinajstić information content (AvgIpc) is 2.85. The Balaban J connectivity index is 2.52. The Morgan fingerprint density at radius 1 is 1.32 bits per heavy atom. The number of hydrogen-bond acceptors (Lipinski definition) is 5. The van der Waals surface area contributed by atoms with Crippen LogP contribution in [0.5, 0.6) is 0 Å². The predicted octanol–water partition coefficient (Wildman–Crippen LogP) is 2.22. The lowest BCUT2D eigenvalue weighted by Gasteiger charge is -1.99. The van der Waals surface area contributed by atoms with Crippen molar-refractivity contribution in [1.29, 1.82) is 0 Å². The summed E-state index contributed by atoms with van der Waals surface area (Å²) in [6.07, 6.45) is 0. The van der Waals surface area contributed by atoms with E-state index >= 15 is 0 Å². The summed E-state index contributed by atoms with van der Waals surface area (Å²) >= 11 is 0. The van der Waals surface area contributed by atoms with Crippen molar-refractivity contribution >= 4 is 11.9 Å². The number of carboxylic acid groups (broad SMARTS) is 1. The van der Waals surface area contributed by atoms with E-state index < -0.39 is 11.9 Å². The first kappa shape index (κ1) is 12.8. The van der Waals surface area contributed by atoms with Crippen LogP contribution in [0.25, 0.3) is 11.3 Å². The molecule has 6 heteroatoms. The van der Waals surface area contributed by atoms with Crippen molar-refractivity contribution in [1.82, 2.24) is 5.16 Å². The minimum Gasteiger partial charge on any atom is -0.477 e. The summed E-state index contributed by atoms with van der Waals surface area (Å²) in [5.41, 5.74) is -0.0826. The maximum atomic E-state index is 11.6. The van der Waals surface area contributed by atoms with E-state index in [4.69, 9.17) is 9.26 Å². The van der Waals surface area contributed by atoms with Crippen molar-refractivity contribution in [2.75, 3.05) is 6.61 Å². The first-order chi connectivity index (χ1) is 9.15. The van der Waals surface area contributed by atoms with E-state index in [1.807, 2.05) is 0 Å². The molecule has 1 aromatic carbocycles. The van der Waals surface area contributed by atoms with Gasteiger partial charge in [-0.3, -0.25) is 0 Å². The van der Waals surface area contributed by atoms with E-state index in [2.05, 4.69) is 5.16 Å². The maximum Gasteiger partial charge on any atom is 0.361 e. The number of carboxylic acids is 1. The summed E-state index contributed by atoms with van der Waals surface area (Å²) in [5.74, 6) is -2.06. The number of carbonyl (C=O) groups is 2. The zero-order valence-corrected chi connectivity index (χ0v) is 10.1. The number of rotatable bonds is 4. The highest BCUT2D eigenvalue weighted by Gasteiger charge is 2.28. The molecule has 1 aromatic heterocycles. The predicted molar refractivity (Wildman–Crippen MR) is 64.9 cm³/mol. The third-order valence-electron chi connectivity index (χ3n) is 2.41. The van der Waals surface area contributed by atoms with Crippen molar-refractivity contribution in [3.8, 4) is 11.3 Å². The molecule has 0 aliphatic rings. The van der Waals surface area contributed by atoms with Gasteiger partial charge in [-0.2, -0.15) is 0 Å². The van der Waals surface area contributed by atoms with Crippen LogP contribution in [0.3, 0.4) is 0 Å². The molecular weight excluding hydrogens is 250 g/mol. The molecule has 0 saturated carbocycles. The quantitative estimate of drug-likeness (QED) is 0.848. The van der Waals surface area contributed by atoms with Crippen LogP contribution in [0.4, 0.5) is 0 Å². The fraction of sp³-hybridized carbons (Fsp3) is 0.154. The van der Waals surface area contributed by atoms with Crippen LogP contribution in [-0.2, 0) is 4.74 Å². The van der Waals surface area contributed by atoms with Crippen LogP contribution < -0.4 is 0 Å². The monoisotopic (exact) mass is 261 g/mol. The average molecular weight is 261 g/mol. The van der Waals surface area contributed by atoms with Gasteiger partial charge in [-0.05, 0) is 6.92 Å². The van der Waals surface area contributed by atoms with Gasteiger partial charge in [-0.1, -0.05) is 35.5 Å². The van der Waals surface area contributed by atoms with Gasteiger partial charge in [0.05, 0.1) is 6.61 Å². The van der Waals surface area contributed by atoms with Gasteiger partial charge >= 0.3 is 11.9 Å². The molecule has 0 bridgehead atoms. The summed E-state index contributed by atoms with van der Waals surface area (Å²) in [6.45, 7) is 1.75. The van der Waals surface area contributed by atoms with E-state index in [0.717, 1.165) is 0 Å². The highest BCUT2D eigenvalue weighted by molar-refractivity contribution is 6.04. The van der Waals surface area contributed by atoms with Gasteiger partial charge in [0.15, 0.2) is 5.76 Å². The molecule has 0 unspecified atom stereocenters. The van der Waals surface area contributed by atoms with Crippen LogP contribution in [-0.4, -0.2) is 28.8 Å². The van der Waals surface area contributed by atoms with E-state index in [-0.39, 0.29) is 23.6 Å². The molecule has 19 heavy (non-hydrogen) atoms. The molecule has 0 aliphatic carbocycles. The third kappa shape index (κ3) is 2.47. The minimum absolute atomic E-state index is 0.0381. The van der Waals surface area contributed by atoms with Crippen molar-refractivity contribution in [2.24, 2.45) is 0 Å². The number of aromatic carboxylic acids is 1. The Hall–Kier alpha value is -2.63. The second-order valence-electron chi connectivity index (χ2n) is 3.63. The molecule has 0 spiro atoms. The molecule has 2 rings (SSSR count). The lowest BCUT2D eigenvalue weighted by Crippen LogP contribution is -2.11. The van der Waals surface area contributed by atoms with Gasteiger partial charge in [-0.15, -0.1) is 0 Å². The Morgan fingerprint density at radius 2 is 2.00 bits per heavy atom. The molecule has 0 fully saturated rings. The zero-order chi connectivity index (χ0) is 13.8. The lowest BCUT2D eigenvalue weighted by atomic mass is 10.1. The topological polar surface area (TPSA) is 89.6 Å². The Labute approximate surface area is 108 Å². The fourth-order valence-corrected chi connectivity index (χ4v) is 1.61. The van der Waals surface area contributed by atoms with Gasteiger partial charge in [0.25, 0.3) is 0 Å². The van der Waals surface area contributed by atoms with Crippen LogP contribution in [0, 0.1) is 0 Å². The van der Waals surface area contributed by atoms with E-state index in [9.17, 15) is 14.7 Å². The van der Waals surface area contributed by atoms with Crippen LogP contribution in [0.1, 0.15) is 27.8 Å². The molecule has 1 N–H and O–H groups in total. The largest absolute Gasteiger partial charge is 0.477 e. The van der Waals surface area contributed by atoms with Gasteiger partial charge in [0.1, 0.15) is 5.56 Å². The highest BCUT2D eigenvalue weighted by Crippen LogP contribution is 2.26. The molecule has 2 aromatic rings. The molecule has 98 valence electrons. The first-order valence-electron chi connectivity index (χ1n) is 5.60. The Kier molecular flexibility index (Phi) is 3.61. The SMILES string of the molecule is CCOC(=O)c1noc(-c2ccccc2)c1C(=O)O. The standard InChI is InChI=1S/C13H11NO5/c1-2-18-13(17)10-9(12(15)16)11(19-14-10)8-6-4-3-5-7-8/h3-7H,2H2,1H3,(H,15,16). The molecule has 1 heterocycles. The van der Waals surface area contributed by atoms with Gasteiger partial charge in [0, 0.05) is 5.56 Å². The Bertz CT molecular complexity index is 603. The molecule has 6 nitrogen and oxygen atoms in total. The summed E-state index contributed by atoms with van der Waals surface area (Å²) in [4.78, 5) is 22.9. The number of carbonyl (C=O) groups excluding carboxylic acids is 1. The van der Waals surface area contributed by atoms with Crippen molar-refractivity contribution in [3.63, 3.8) is 0 Å². The summed E-state index contributed by atoms with van der Waals surface area (Å²) < 4.78 is 9.72. The number of aromatic nitrogens is 1. The molecule has 0 aliphatic heterocycles. The number of esters is 1. The number of benzene rings is 1. The number of ether oxygens (including phenoxy) is 1. The van der Waals surface area contributed by atoms with E-state index in [1.54, 1.807) is 37.3 Å². The molecule has 0 saturated heterocycles. The first-order valence-corrected chi connectivity index (χ1v) is 5.60. The minimum atomic E-state index is -1.29. The smallest absolute Gasteiger partial charge is 0.361 e. The maximum absolute atomic E-state index is 11.6. The highest BCUT2D eigenvalue weighted by atomic mass is 16.5. The van der Waals surface area contributed by atoms with Gasteiger partial charge in [0.2, 0.25) is 5.69 Å². The number of hydrogen-bond donors (Lipinski definition) is 1. The van der Waals surface area contributed by atoms with Crippen LogP contribution in [0.2, 0.25) is 0 Å². The number of nitrogens with zero attached hydrogens (tertiary/aromatic N) is 1. The van der Waals surface area contributed by atoms with Gasteiger partial charge < -0.3 is 14.4 Å². The Morgan fingerprint density at radius 3 is 2.58 bits per heavy atom. The normalized spacial score (nSPS) is 10.2.